The highest BCUT2D eigenvalue weighted by molar-refractivity contribution is 5.90. The van der Waals surface area contributed by atoms with Crippen molar-refractivity contribution in [2.24, 2.45) is 0 Å². The predicted octanol–water partition coefficient (Wildman–Crippen LogP) is 5.43. The average Bonchev–Trinajstić information content (AvgIpc) is 2.65. The third kappa shape index (κ3) is 3.73. The Morgan fingerprint density at radius 3 is 2.44 bits per heavy atom. The lowest BCUT2D eigenvalue weighted by Crippen LogP contribution is -2.23. The molecule has 0 unspecified atom stereocenters. The molecule has 1 aliphatic rings. The molecule has 3 aromatic rings. The van der Waals surface area contributed by atoms with E-state index < -0.39 is 0 Å². The van der Waals surface area contributed by atoms with Crippen molar-refractivity contribution >= 4 is 28.4 Å². The number of nitrogens with one attached hydrogen (secondary N) is 2. The van der Waals surface area contributed by atoms with Gasteiger partial charge in [0.05, 0.1) is 5.52 Å². The summed E-state index contributed by atoms with van der Waals surface area (Å²) in [5, 5.41) is 8.09. The molecule has 4 heteroatoms. The molecule has 2 aromatic carbocycles. The van der Waals surface area contributed by atoms with Crippen molar-refractivity contribution in [3.8, 4) is 0 Å². The Hall–Kier alpha value is -2.62. The zero-order chi connectivity index (χ0) is 17.1. The van der Waals surface area contributed by atoms with Gasteiger partial charge in [-0.05, 0) is 44.0 Å². The molecule has 0 spiro atoms. The van der Waals surface area contributed by atoms with E-state index in [1.807, 2.05) is 18.2 Å². The molecule has 0 atom stereocenters. The molecule has 25 heavy (non-hydrogen) atoms. The summed E-state index contributed by atoms with van der Waals surface area (Å²) < 4.78 is 0. The molecular formula is C21H24N4. The maximum atomic E-state index is 4.78. The first-order valence-electron chi connectivity index (χ1n) is 9.15. The number of hydrogen-bond donors (Lipinski definition) is 2. The van der Waals surface area contributed by atoms with Crippen LogP contribution in [0.5, 0.6) is 0 Å². The summed E-state index contributed by atoms with van der Waals surface area (Å²) >= 11 is 0. The number of para-hydroxylation sites is 1. The molecule has 1 fully saturated rings. The second-order valence-corrected chi connectivity index (χ2v) is 6.88. The minimum Gasteiger partial charge on any atom is -0.367 e. The lowest BCUT2D eigenvalue weighted by molar-refractivity contribution is 0.462. The van der Waals surface area contributed by atoms with Gasteiger partial charge in [-0.3, -0.25) is 0 Å². The van der Waals surface area contributed by atoms with Crippen LogP contribution in [-0.2, 0) is 0 Å². The third-order valence-electron chi connectivity index (χ3n) is 4.86. The van der Waals surface area contributed by atoms with Crippen LogP contribution >= 0.6 is 0 Å². The highest BCUT2D eigenvalue weighted by atomic mass is 15.1. The fourth-order valence-electron chi connectivity index (χ4n) is 3.45. The average molecular weight is 332 g/mol. The van der Waals surface area contributed by atoms with E-state index in [-0.39, 0.29) is 0 Å². The summed E-state index contributed by atoms with van der Waals surface area (Å²) in [7, 11) is 0. The van der Waals surface area contributed by atoms with Crippen molar-refractivity contribution in [1.82, 2.24) is 9.97 Å². The van der Waals surface area contributed by atoms with E-state index >= 15 is 0 Å². The van der Waals surface area contributed by atoms with Gasteiger partial charge >= 0.3 is 0 Å². The lowest BCUT2D eigenvalue weighted by Gasteiger charge is -2.24. The standard InChI is InChI=1S/C21H24N4/c1-15-11-13-17(14-12-15)23-21-24-19-10-6-5-9-18(19)20(25-21)22-16-7-3-2-4-8-16/h5-6,9-14,16H,2-4,7-8H2,1H3,(H2,22,23,24,25). The summed E-state index contributed by atoms with van der Waals surface area (Å²) in [4.78, 5) is 9.46. The highest BCUT2D eigenvalue weighted by Crippen LogP contribution is 2.27. The minimum atomic E-state index is 0.513. The van der Waals surface area contributed by atoms with Crippen LogP contribution in [0.4, 0.5) is 17.5 Å². The second-order valence-electron chi connectivity index (χ2n) is 6.88. The van der Waals surface area contributed by atoms with Crippen LogP contribution in [0.2, 0.25) is 0 Å². The van der Waals surface area contributed by atoms with Crippen LogP contribution in [-0.4, -0.2) is 16.0 Å². The molecule has 0 saturated heterocycles. The van der Waals surface area contributed by atoms with Gasteiger partial charge in [-0.1, -0.05) is 49.1 Å². The van der Waals surface area contributed by atoms with E-state index in [4.69, 9.17) is 4.98 Å². The molecule has 128 valence electrons. The summed E-state index contributed by atoms with van der Waals surface area (Å²) in [6.45, 7) is 2.09. The Balaban J connectivity index is 1.66. The first-order valence-corrected chi connectivity index (χ1v) is 9.15. The van der Waals surface area contributed by atoms with Gasteiger partial charge < -0.3 is 10.6 Å². The van der Waals surface area contributed by atoms with Crippen LogP contribution in [0.3, 0.4) is 0 Å². The van der Waals surface area contributed by atoms with Crippen molar-refractivity contribution in [2.45, 2.75) is 45.1 Å². The summed E-state index contributed by atoms with van der Waals surface area (Å²) in [6.07, 6.45) is 6.39. The number of hydrogen-bond acceptors (Lipinski definition) is 4. The number of aryl methyl sites for hydroxylation is 1. The van der Waals surface area contributed by atoms with E-state index in [1.165, 1.54) is 37.7 Å². The number of aromatic nitrogens is 2. The first-order chi connectivity index (χ1) is 12.3. The van der Waals surface area contributed by atoms with Crippen LogP contribution in [0, 0.1) is 6.92 Å². The van der Waals surface area contributed by atoms with Crippen LogP contribution in [0.1, 0.15) is 37.7 Å². The van der Waals surface area contributed by atoms with Crippen molar-refractivity contribution in [3.63, 3.8) is 0 Å². The van der Waals surface area contributed by atoms with Crippen molar-refractivity contribution in [2.75, 3.05) is 10.6 Å². The molecule has 0 bridgehead atoms. The number of rotatable bonds is 4. The maximum Gasteiger partial charge on any atom is 0.229 e. The Kier molecular flexibility index (Phi) is 4.51. The lowest BCUT2D eigenvalue weighted by atomic mass is 9.95. The van der Waals surface area contributed by atoms with Crippen LogP contribution < -0.4 is 10.6 Å². The number of anilines is 3. The molecule has 4 nitrogen and oxygen atoms in total. The number of benzene rings is 2. The largest absolute Gasteiger partial charge is 0.367 e. The quantitative estimate of drug-likeness (QED) is 0.669. The fraction of sp³-hybridized carbons (Fsp3) is 0.333. The van der Waals surface area contributed by atoms with Gasteiger partial charge in [-0.2, -0.15) is 4.98 Å². The molecule has 4 rings (SSSR count). The van der Waals surface area contributed by atoms with Crippen LogP contribution in [0.15, 0.2) is 48.5 Å². The smallest absolute Gasteiger partial charge is 0.229 e. The summed E-state index contributed by atoms with van der Waals surface area (Å²) in [5.41, 5.74) is 3.21. The van der Waals surface area contributed by atoms with E-state index in [2.05, 4.69) is 52.9 Å². The van der Waals surface area contributed by atoms with Crippen molar-refractivity contribution in [1.29, 1.82) is 0 Å². The minimum absolute atomic E-state index is 0.513. The Morgan fingerprint density at radius 1 is 0.880 bits per heavy atom. The van der Waals surface area contributed by atoms with E-state index in [1.54, 1.807) is 0 Å². The van der Waals surface area contributed by atoms with Gasteiger partial charge in [-0.15, -0.1) is 0 Å². The van der Waals surface area contributed by atoms with E-state index in [0.717, 1.165) is 22.4 Å². The fourth-order valence-corrected chi connectivity index (χ4v) is 3.45. The van der Waals surface area contributed by atoms with Gasteiger partial charge in [0.1, 0.15) is 5.82 Å². The zero-order valence-electron chi connectivity index (χ0n) is 14.6. The molecule has 2 N–H and O–H groups in total. The van der Waals surface area contributed by atoms with Crippen LogP contribution in [0.25, 0.3) is 10.9 Å². The third-order valence-corrected chi connectivity index (χ3v) is 4.86. The first kappa shape index (κ1) is 15.9. The number of nitrogens with zero attached hydrogens (tertiary/aromatic N) is 2. The van der Waals surface area contributed by atoms with Gasteiger partial charge in [0, 0.05) is 17.1 Å². The van der Waals surface area contributed by atoms with E-state index in [0.29, 0.717) is 12.0 Å². The van der Waals surface area contributed by atoms with Gasteiger partial charge in [0.15, 0.2) is 0 Å². The highest BCUT2D eigenvalue weighted by Gasteiger charge is 2.16. The van der Waals surface area contributed by atoms with Gasteiger partial charge in [0.25, 0.3) is 0 Å². The zero-order valence-corrected chi connectivity index (χ0v) is 14.6. The van der Waals surface area contributed by atoms with E-state index in [9.17, 15) is 0 Å². The van der Waals surface area contributed by atoms with Crippen molar-refractivity contribution < 1.29 is 0 Å². The monoisotopic (exact) mass is 332 g/mol. The second kappa shape index (κ2) is 7.09. The van der Waals surface area contributed by atoms with Crippen molar-refractivity contribution in [3.05, 3.63) is 54.1 Å². The topological polar surface area (TPSA) is 49.8 Å². The molecule has 0 aliphatic heterocycles. The van der Waals surface area contributed by atoms with Gasteiger partial charge in [-0.25, -0.2) is 4.98 Å². The Morgan fingerprint density at radius 2 is 1.64 bits per heavy atom. The molecule has 0 amide bonds. The molecule has 1 saturated carbocycles. The normalized spacial score (nSPS) is 15.2. The molecule has 1 aromatic heterocycles. The Bertz CT molecular complexity index is 851. The van der Waals surface area contributed by atoms with Gasteiger partial charge in [0.2, 0.25) is 5.95 Å². The Labute approximate surface area is 148 Å². The number of fused-ring (bicyclic) bond motifs is 1. The molecule has 1 heterocycles. The molecule has 1 aliphatic carbocycles. The summed E-state index contributed by atoms with van der Waals surface area (Å²) in [6, 6.07) is 17.0. The predicted molar refractivity (Wildman–Crippen MR) is 104 cm³/mol. The summed E-state index contributed by atoms with van der Waals surface area (Å²) in [5.74, 6) is 1.58. The molecular weight excluding hydrogens is 308 g/mol. The molecule has 0 radical (unpaired) electrons. The SMILES string of the molecule is Cc1ccc(Nc2nc(NC3CCCCC3)c3ccccc3n2)cc1. The maximum absolute atomic E-state index is 4.78.